The van der Waals surface area contributed by atoms with Crippen LogP contribution in [-0.4, -0.2) is 43.8 Å². The number of carbonyl (C=O) groups excluding carboxylic acids is 1. The molecule has 0 bridgehead atoms. The van der Waals surface area contributed by atoms with Gasteiger partial charge >= 0.3 is 0 Å². The van der Waals surface area contributed by atoms with Crippen LogP contribution in [0.4, 0.5) is 5.69 Å². The molecule has 1 amide bonds. The summed E-state index contributed by atoms with van der Waals surface area (Å²) in [5.74, 6) is -0.453. The maximum atomic E-state index is 11.8. The van der Waals surface area contributed by atoms with E-state index in [0.29, 0.717) is 0 Å². The van der Waals surface area contributed by atoms with Crippen molar-refractivity contribution in [2.45, 2.75) is 11.4 Å². The predicted molar refractivity (Wildman–Crippen MR) is 82.9 cm³/mol. The van der Waals surface area contributed by atoms with Crippen molar-refractivity contribution in [2.75, 3.05) is 23.4 Å². The van der Waals surface area contributed by atoms with Gasteiger partial charge in [0.05, 0.1) is 29.5 Å². The number of benzene rings is 1. The summed E-state index contributed by atoms with van der Waals surface area (Å²) in [6.45, 7) is 0.0712. The molecule has 1 heterocycles. The smallest absolute Gasteiger partial charge is 0.239 e. The number of nitrogens with one attached hydrogen (secondary N) is 2. The van der Waals surface area contributed by atoms with Crippen molar-refractivity contribution in [2.24, 2.45) is 0 Å². The van der Waals surface area contributed by atoms with Gasteiger partial charge in [-0.15, -0.1) is 11.6 Å². The zero-order chi connectivity index (χ0) is 14.8. The molecule has 2 N–H and O–H groups in total. The fourth-order valence-electron chi connectivity index (χ4n) is 1.94. The highest BCUT2D eigenvalue weighted by atomic mass is 79.9. The van der Waals surface area contributed by atoms with Crippen LogP contribution in [0.5, 0.6) is 0 Å². The number of sulfone groups is 1. The Morgan fingerprint density at radius 3 is 2.50 bits per heavy atom. The molecular weight excluding hydrogens is 368 g/mol. The van der Waals surface area contributed by atoms with E-state index in [2.05, 4.69) is 26.6 Å². The fourth-order valence-corrected chi connectivity index (χ4v) is 4.76. The third kappa shape index (κ3) is 4.36. The minimum atomic E-state index is -3.13. The fraction of sp³-hybridized carbons (Fsp3) is 0.417. The standard InChI is InChI=1S/C12H14BrClN2O3S/c13-8-1-3-9(4-2-8)15-5-12(17)16-11-7-20(18,19)6-10(11)14/h1-4,10-11,15H,5-7H2,(H,16,17)/t10-,11+/m0/s1. The minimum Gasteiger partial charge on any atom is -0.376 e. The first-order chi connectivity index (χ1) is 9.35. The Morgan fingerprint density at radius 1 is 1.30 bits per heavy atom. The van der Waals surface area contributed by atoms with Crippen LogP contribution >= 0.6 is 27.5 Å². The van der Waals surface area contributed by atoms with Crippen LogP contribution in [0, 0.1) is 0 Å². The van der Waals surface area contributed by atoms with Crippen molar-refractivity contribution in [3.8, 4) is 0 Å². The average molecular weight is 382 g/mol. The van der Waals surface area contributed by atoms with Crippen LogP contribution in [0.2, 0.25) is 0 Å². The van der Waals surface area contributed by atoms with Crippen molar-refractivity contribution in [3.05, 3.63) is 28.7 Å². The molecule has 0 radical (unpaired) electrons. The third-order valence-electron chi connectivity index (χ3n) is 2.93. The maximum absolute atomic E-state index is 11.8. The van der Waals surface area contributed by atoms with Crippen LogP contribution in [0.1, 0.15) is 0 Å². The van der Waals surface area contributed by atoms with E-state index in [1.165, 1.54) is 0 Å². The second-order valence-corrected chi connectivity index (χ2v) is 8.26. The van der Waals surface area contributed by atoms with E-state index in [1.54, 1.807) is 0 Å². The summed E-state index contributed by atoms with van der Waals surface area (Å²) in [5, 5.41) is 5.04. The zero-order valence-corrected chi connectivity index (χ0v) is 13.6. The molecule has 2 atom stereocenters. The lowest BCUT2D eigenvalue weighted by Gasteiger charge is -2.15. The number of rotatable bonds is 4. The van der Waals surface area contributed by atoms with Gasteiger partial charge in [0, 0.05) is 10.2 Å². The molecule has 1 aliphatic heterocycles. The van der Waals surface area contributed by atoms with Crippen molar-refractivity contribution < 1.29 is 13.2 Å². The molecule has 110 valence electrons. The van der Waals surface area contributed by atoms with Gasteiger partial charge in [0.1, 0.15) is 0 Å². The molecule has 1 fully saturated rings. The summed E-state index contributed by atoms with van der Waals surface area (Å²) in [4.78, 5) is 11.8. The quantitative estimate of drug-likeness (QED) is 0.773. The van der Waals surface area contributed by atoms with E-state index in [-0.39, 0.29) is 24.0 Å². The summed E-state index contributed by atoms with van der Waals surface area (Å²) >= 11 is 9.24. The first kappa shape index (κ1) is 15.6. The van der Waals surface area contributed by atoms with Crippen LogP contribution < -0.4 is 10.6 Å². The molecular formula is C12H14BrClN2O3S. The van der Waals surface area contributed by atoms with Gasteiger partial charge in [0.25, 0.3) is 0 Å². The van der Waals surface area contributed by atoms with Crippen LogP contribution in [0.15, 0.2) is 28.7 Å². The van der Waals surface area contributed by atoms with E-state index in [9.17, 15) is 13.2 Å². The summed E-state index contributed by atoms with van der Waals surface area (Å²) < 4.78 is 23.7. The number of carbonyl (C=O) groups is 1. The van der Waals surface area contributed by atoms with Crippen molar-refractivity contribution in [1.29, 1.82) is 0 Å². The third-order valence-corrected chi connectivity index (χ3v) is 5.83. The van der Waals surface area contributed by atoms with Crippen LogP contribution in [0.3, 0.4) is 0 Å². The molecule has 0 aliphatic carbocycles. The Morgan fingerprint density at radius 2 is 1.95 bits per heavy atom. The molecule has 1 aromatic rings. The van der Waals surface area contributed by atoms with E-state index in [4.69, 9.17) is 11.6 Å². The van der Waals surface area contributed by atoms with Gasteiger partial charge in [-0.2, -0.15) is 0 Å². The molecule has 0 spiro atoms. The van der Waals surface area contributed by atoms with Gasteiger partial charge in [-0.3, -0.25) is 4.79 Å². The second-order valence-electron chi connectivity index (χ2n) is 4.63. The van der Waals surface area contributed by atoms with Gasteiger partial charge in [-0.1, -0.05) is 15.9 Å². The van der Waals surface area contributed by atoms with Gasteiger partial charge in [-0.25, -0.2) is 8.42 Å². The molecule has 0 unspecified atom stereocenters. The Kier molecular flexibility index (Phi) is 4.93. The Bertz CT molecular complexity index is 591. The SMILES string of the molecule is O=C(CNc1ccc(Br)cc1)N[C@@H]1CS(=O)(=O)C[C@@H]1Cl. The first-order valence-corrected chi connectivity index (χ1v) is 9.04. The van der Waals surface area contributed by atoms with E-state index in [1.807, 2.05) is 24.3 Å². The molecule has 1 aliphatic rings. The second kappa shape index (κ2) is 6.32. The number of hydrogen-bond acceptors (Lipinski definition) is 4. The molecule has 0 saturated carbocycles. The van der Waals surface area contributed by atoms with Crippen molar-refractivity contribution in [1.82, 2.24) is 5.32 Å². The van der Waals surface area contributed by atoms with E-state index < -0.39 is 21.3 Å². The number of halogens is 2. The van der Waals surface area contributed by atoms with Crippen molar-refractivity contribution in [3.63, 3.8) is 0 Å². The van der Waals surface area contributed by atoms with Gasteiger partial charge in [-0.05, 0) is 24.3 Å². The predicted octanol–water partition coefficient (Wildman–Crippen LogP) is 1.38. The van der Waals surface area contributed by atoms with Crippen molar-refractivity contribution >= 4 is 49.0 Å². The normalized spacial score (nSPS) is 24.3. The average Bonchev–Trinajstić information content (AvgIpc) is 2.61. The molecule has 1 saturated heterocycles. The minimum absolute atomic E-state index is 0.0712. The Labute approximate surface area is 131 Å². The zero-order valence-electron chi connectivity index (χ0n) is 10.5. The first-order valence-electron chi connectivity index (χ1n) is 5.99. The van der Waals surface area contributed by atoms with Crippen LogP contribution in [0.25, 0.3) is 0 Å². The van der Waals surface area contributed by atoms with Gasteiger partial charge in [0.15, 0.2) is 9.84 Å². The molecule has 1 aromatic carbocycles. The number of anilines is 1. The van der Waals surface area contributed by atoms with E-state index in [0.717, 1.165) is 10.2 Å². The Hall–Kier alpha value is -0.790. The highest BCUT2D eigenvalue weighted by molar-refractivity contribution is 9.10. The lowest BCUT2D eigenvalue weighted by atomic mass is 10.2. The van der Waals surface area contributed by atoms with E-state index >= 15 is 0 Å². The summed E-state index contributed by atoms with van der Waals surface area (Å²) in [7, 11) is -3.13. The summed E-state index contributed by atoms with van der Waals surface area (Å²) in [5.41, 5.74) is 0.810. The molecule has 20 heavy (non-hydrogen) atoms. The maximum Gasteiger partial charge on any atom is 0.239 e. The highest BCUT2D eigenvalue weighted by Crippen LogP contribution is 2.18. The summed E-state index contributed by atoms with van der Waals surface area (Å²) in [6.07, 6.45) is 0. The van der Waals surface area contributed by atoms with Gasteiger partial charge in [0.2, 0.25) is 5.91 Å². The topological polar surface area (TPSA) is 75.3 Å². The largest absolute Gasteiger partial charge is 0.376 e. The monoisotopic (exact) mass is 380 g/mol. The lowest BCUT2D eigenvalue weighted by Crippen LogP contribution is -2.43. The Balaban J connectivity index is 1.83. The molecule has 0 aromatic heterocycles. The van der Waals surface area contributed by atoms with Crippen LogP contribution in [-0.2, 0) is 14.6 Å². The number of hydrogen-bond donors (Lipinski definition) is 2. The molecule has 5 nitrogen and oxygen atoms in total. The number of alkyl halides is 1. The highest BCUT2D eigenvalue weighted by Gasteiger charge is 2.37. The lowest BCUT2D eigenvalue weighted by molar-refractivity contribution is -0.119. The molecule has 2 rings (SSSR count). The molecule has 8 heteroatoms. The summed E-state index contributed by atoms with van der Waals surface area (Å²) in [6, 6.07) is 6.88. The number of amides is 1. The van der Waals surface area contributed by atoms with Gasteiger partial charge < -0.3 is 10.6 Å².